The Morgan fingerprint density at radius 2 is 1.93 bits per heavy atom. The summed E-state index contributed by atoms with van der Waals surface area (Å²) in [7, 11) is 1.54. The third kappa shape index (κ3) is 6.30. The molecular weight excluding hydrogens is 386 g/mol. The lowest BCUT2D eigenvalue weighted by Gasteiger charge is -2.14. The number of methoxy groups -OCH3 is 1. The fourth-order valence-electron chi connectivity index (χ4n) is 2.23. The second kappa shape index (κ2) is 9.99. The fraction of sp³-hybridized carbons (Fsp3) is 0.263. The number of hydrogen-bond acceptors (Lipinski definition) is 5. The lowest BCUT2D eigenvalue weighted by atomic mass is 10.1. The quantitative estimate of drug-likeness (QED) is 0.301. The fourth-order valence-corrected chi connectivity index (χ4v) is 2.56. The standard InChI is InChI=1S/C19H22ClN3O3S/c1-12-4-5-15(8-13(12)2)25-6-7-26-18-16(20)9-14(10-17(18)24-3)11-22-23-19(21)27/h4-5,8-11H,6-7H2,1-3H3,(H3,21,23,27)/b22-11-. The lowest BCUT2D eigenvalue weighted by molar-refractivity contribution is 0.211. The Hall–Kier alpha value is -2.51. The second-order valence-electron chi connectivity index (χ2n) is 5.71. The maximum Gasteiger partial charge on any atom is 0.184 e. The SMILES string of the molecule is COc1cc(/C=N\NC(N)=S)cc(Cl)c1OCCOc1ccc(C)c(C)c1. The number of benzene rings is 2. The van der Waals surface area contributed by atoms with E-state index < -0.39 is 0 Å². The van der Waals surface area contributed by atoms with Crippen molar-refractivity contribution in [1.82, 2.24) is 5.43 Å². The number of nitrogens with zero attached hydrogens (tertiary/aromatic N) is 1. The van der Waals surface area contributed by atoms with Crippen LogP contribution in [0.15, 0.2) is 35.4 Å². The van der Waals surface area contributed by atoms with Crippen LogP contribution in [0.25, 0.3) is 0 Å². The third-order valence-corrected chi connectivity index (χ3v) is 4.09. The van der Waals surface area contributed by atoms with Crippen LogP contribution in [0, 0.1) is 13.8 Å². The molecule has 0 aliphatic carbocycles. The predicted octanol–water partition coefficient (Wildman–Crippen LogP) is 3.59. The number of hydrogen-bond donors (Lipinski definition) is 2. The monoisotopic (exact) mass is 407 g/mol. The molecule has 0 unspecified atom stereocenters. The van der Waals surface area contributed by atoms with Gasteiger partial charge in [0.1, 0.15) is 19.0 Å². The van der Waals surface area contributed by atoms with Crippen LogP contribution in [0.3, 0.4) is 0 Å². The number of halogens is 1. The number of thiocarbonyl (C=S) groups is 1. The highest BCUT2D eigenvalue weighted by molar-refractivity contribution is 7.80. The van der Waals surface area contributed by atoms with E-state index in [4.69, 9.17) is 31.5 Å². The van der Waals surface area contributed by atoms with Crippen molar-refractivity contribution in [2.24, 2.45) is 10.8 Å². The summed E-state index contributed by atoms with van der Waals surface area (Å²) in [5, 5.41) is 4.37. The molecule has 0 heterocycles. The summed E-state index contributed by atoms with van der Waals surface area (Å²) in [6.07, 6.45) is 1.53. The van der Waals surface area contributed by atoms with E-state index in [-0.39, 0.29) is 5.11 Å². The van der Waals surface area contributed by atoms with Crippen LogP contribution >= 0.6 is 23.8 Å². The van der Waals surface area contributed by atoms with Crippen LogP contribution in [0.2, 0.25) is 5.02 Å². The molecule has 2 aromatic carbocycles. The van der Waals surface area contributed by atoms with Gasteiger partial charge in [-0.05, 0) is 67.0 Å². The number of aryl methyl sites for hydroxylation is 2. The molecule has 0 bridgehead atoms. The molecule has 3 N–H and O–H groups in total. The molecule has 0 aromatic heterocycles. The number of ether oxygens (including phenoxy) is 3. The summed E-state index contributed by atoms with van der Waals surface area (Å²) < 4.78 is 16.8. The Labute approximate surface area is 169 Å². The van der Waals surface area contributed by atoms with E-state index in [2.05, 4.69) is 29.7 Å². The highest BCUT2D eigenvalue weighted by Gasteiger charge is 2.11. The summed E-state index contributed by atoms with van der Waals surface area (Å²) in [5.41, 5.74) is 10.9. The van der Waals surface area contributed by atoms with Gasteiger partial charge >= 0.3 is 0 Å². The van der Waals surface area contributed by atoms with E-state index in [1.807, 2.05) is 25.1 Å². The molecule has 0 aliphatic rings. The van der Waals surface area contributed by atoms with E-state index in [9.17, 15) is 0 Å². The first-order valence-electron chi connectivity index (χ1n) is 8.19. The zero-order chi connectivity index (χ0) is 19.8. The van der Waals surface area contributed by atoms with Crippen molar-refractivity contribution in [3.63, 3.8) is 0 Å². The summed E-state index contributed by atoms with van der Waals surface area (Å²) in [4.78, 5) is 0. The van der Waals surface area contributed by atoms with Gasteiger partial charge in [0, 0.05) is 0 Å². The molecular formula is C19H22ClN3O3S. The average molecular weight is 408 g/mol. The third-order valence-electron chi connectivity index (χ3n) is 3.72. The van der Waals surface area contributed by atoms with E-state index in [1.54, 1.807) is 12.1 Å². The minimum Gasteiger partial charge on any atom is -0.493 e. The van der Waals surface area contributed by atoms with Crippen molar-refractivity contribution in [3.8, 4) is 17.2 Å². The molecule has 0 radical (unpaired) electrons. The molecule has 0 spiro atoms. The Bertz CT molecular complexity index is 843. The van der Waals surface area contributed by atoms with Gasteiger partial charge in [-0.3, -0.25) is 5.43 Å². The molecule has 144 valence electrons. The first-order chi connectivity index (χ1) is 12.9. The summed E-state index contributed by atoms with van der Waals surface area (Å²) in [6, 6.07) is 9.41. The Morgan fingerprint density at radius 3 is 2.59 bits per heavy atom. The molecule has 2 rings (SSSR count). The zero-order valence-corrected chi connectivity index (χ0v) is 17.0. The highest BCUT2D eigenvalue weighted by Crippen LogP contribution is 2.36. The van der Waals surface area contributed by atoms with Crippen LogP contribution in [-0.2, 0) is 0 Å². The number of nitrogens with one attached hydrogen (secondary N) is 1. The van der Waals surface area contributed by atoms with Gasteiger partial charge < -0.3 is 19.9 Å². The van der Waals surface area contributed by atoms with Gasteiger partial charge in [0.05, 0.1) is 18.3 Å². The van der Waals surface area contributed by atoms with Gasteiger partial charge in [0.15, 0.2) is 16.6 Å². The molecule has 0 saturated carbocycles. The number of nitrogens with two attached hydrogens (primary N) is 1. The van der Waals surface area contributed by atoms with Crippen LogP contribution in [0.1, 0.15) is 16.7 Å². The number of hydrazone groups is 1. The van der Waals surface area contributed by atoms with Crippen molar-refractivity contribution < 1.29 is 14.2 Å². The van der Waals surface area contributed by atoms with E-state index in [0.29, 0.717) is 35.3 Å². The van der Waals surface area contributed by atoms with Crippen LogP contribution < -0.4 is 25.4 Å². The smallest absolute Gasteiger partial charge is 0.184 e. The Kier molecular flexibility index (Phi) is 7.69. The van der Waals surface area contributed by atoms with E-state index in [0.717, 1.165) is 5.75 Å². The van der Waals surface area contributed by atoms with Crippen molar-refractivity contribution in [3.05, 3.63) is 52.0 Å². The Morgan fingerprint density at radius 1 is 1.19 bits per heavy atom. The second-order valence-corrected chi connectivity index (χ2v) is 6.56. The van der Waals surface area contributed by atoms with Crippen LogP contribution in [0.5, 0.6) is 17.2 Å². The van der Waals surface area contributed by atoms with Crippen LogP contribution in [0.4, 0.5) is 0 Å². The highest BCUT2D eigenvalue weighted by atomic mass is 35.5. The molecule has 0 aliphatic heterocycles. The minimum atomic E-state index is 0.0769. The van der Waals surface area contributed by atoms with Crippen LogP contribution in [-0.4, -0.2) is 31.7 Å². The van der Waals surface area contributed by atoms with Gasteiger partial charge in [-0.1, -0.05) is 17.7 Å². The van der Waals surface area contributed by atoms with Gasteiger partial charge in [0.2, 0.25) is 0 Å². The predicted molar refractivity (Wildman–Crippen MR) is 112 cm³/mol. The first-order valence-corrected chi connectivity index (χ1v) is 8.98. The van der Waals surface area contributed by atoms with Gasteiger partial charge in [-0.15, -0.1) is 0 Å². The maximum atomic E-state index is 6.31. The molecule has 0 fully saturated rings. The van der Waals surface area contributed by atoms with E-state index >= 15 is 0 Å². The Balaban J connectivity index is 1.97. The normalized spacial score (nSPS) is 10.7. The maximum absolute atomic E-state index is 6.31. The summed E-state index contributed by atoms with van der Waals surface area (Å²) in [6.45, 7) is 4.80. The molecule has 0 amide bonds. The van der Waals surface area contributed by atoms with E-state index in [1.165, 1.54) is 24.5 Å². The van der Waals surface area contributed by atoms with Gasteiger partial charge in [0.25, 0.3) is 0 Å². The molecule has 6 nitrogen and oxygen atoms in total. The van der Waals surface area contributed by atoms with Gasteiger partial charge in [-0.25, -0.2) is 0 Å². The van der Waals surface area contributed by atoms with Crippen molar-refractivity contribution in [2.45, 2.75) is 13.8 Å². The first kappa shape index (κ1) is 20.8. The lowest BCUT2D eigenvalue weighted by Crippen LogP contribution is -2.23. The topological polar surface area (TPSA) is 78.1 Å². The largest absolute Gasteiger partial charge is 0.493 e. The van der Waals surface area contributed by atoms with Crippen molar-refractivity contribution in [2.75, 3.05) is 20.3 Å². The molecule has 0 atom stereocenters. The van der Waals surface area contributed by atoms with Crippen molar-refractivity contribution in [1.29, 1.82) is 0 Å². The number of rotatable bonds is 8. The molecule has 0 saturated heterocycles. The molecule has 2 aromatic rings. The zero-order valence-electron chi connectivity index (χ0n) is 15.4. The van der Waals surface area contributed by atoms with Gasteiger partial charge in [-0.2, -0.15) is 5.10 Å². The minimum absolute atomic E-state index is 0.0769. The molecule has 27 heavy (non-hydrogen) atoms. The van der Waals surface area contributed by atoms with Crippen molar-refractivity contribution >= 4 is 35.1 Å². The summed E-state index contributed by atoms with van der Waals surface area (Å²) >= 11 is 11.0. The summed E-state index contributed by atoms with van der Waals surface area (Å²) in [5.74, 6) is 1.74. The average Bonchev–Trinajstić information content (AvgIpc) is 2.62. The molecule has 8 heteroatoms.